The summed E-state index contributed by atoms with van der Waals surface area (Å²) in [6, 6.07) is 2.78. The Balaban J connectivity index is 2.33. The first-order chi connectivity index (χ1) is 14.0. The number of aromatic nitrogens is 3. The Hall–Kier alpha value is -3.20. The molecule has 2 aromatic rings. The lowest BCUT2D eigenvalue weighted by Gasteiger charge is -2.22. The summed E-state index contributed by atoms with van der Waals surface area (Å²) in [5.74, 6) is -0.149. The van der Waals surface area contributed by atoms with Crippen LogP contribution in [0.1, 0.15) is 6.92 Å². The zero-order valence-corrected chi connectivity index (χ0v) is 18.1. The van der Waals surface area contributed by atoms with Crippen LogP contribution in [0, 0.1) is 0 Å². The van der Waals surface area contributed by atoms with Gasteiger partial charge in [-0.25, -0.2) is 22.9 Å². The van der Waals surface area contributed by atoms with Crippen LogP contribution in [0.15, 0.2) is 29.4 Å². The van der Waals surface area contributed by atoms with E-state index in [0.717, 1.165) is 16.8 Å². The number of hydrogen-bond donors (Lipinski definition) is 2. The summed E-state index contributed by atoms with van der Waals surface area (Å²) in [4.78, 5) is 23.7. The molecule has 0 radical (unpaired) electrons. The Bertz CT molecular complexity index is 1120. The maximum absolute atomic E-state index is 12.7. The number of anilines is 2. The molecule has 164 valence electrons. The van der Waals surface area contributed by atoms with Crippen molar-refractivity contribution in [3.05, 3.63) is 24.4 Å². The molecule has 0 aliphatic rings. The molecule has 0 unspecified atom stereocenters. The molecule has 0 aliphatic heterocycles. The van der Waals surface area contributed by atoms with E-state index in [1.54, 1.807) is 4.72 Å². The van der Waals surface area contributed by atoms with E-state index in [2.05, 4.69) is 20.3 Å². The number of carbonyl (C=O) groups is 1. The topological polar surface area (TPSA) is 170 Å². The molecule has 2 heterocycles. The summed E-state index contributed by atoms with van der Waals surface area (Å²) >= 11 is 0. The first-order valence-corrected chi connectivity index (χ1v) is 11.6. The van der Waals surface area contributed by atoms with Crippen molar-refractivity contribution in [2.75, 3.05) is 36.6 Å². The highest BCUT2D eigenvalue weighted by molar-refractivity contribution is 7.92. The fourth-order valence-electron chi connectivity index (χ4n) is 2.33. The van der Waals surface area contributed by atoms with E-state index < -0.39 is 31.1 Å². The van der Waals surface area contributed by atoms with Crippen LogP contribution in [0.25, 0.3) is 0 Å². The highest BCUT2D eigenvalue weighted by atomic mass is 32.2. The third kappa shape index (κ3) is 5.44. The predicted octanol–water partition coefficient (Wildman–Crippen LogP) is 0.185. The molecule has 0 spiro atoms. The fraction of sp³-hybridized carbons (Fsp3) is 0.333. The molecule has 13 nitrogen and oxygen atoms in total. The number of hydrogen-bond acceptors (Lipinski definition) is 10. The van der Waals surface area contributed by atoms with Gasteiger partial charge in [0, 0.05) is 12.7 Å². The zero-order valence-electron chi connectivity index (χ0n) is 16.5. The van der Waals surface area contributed by atoms with Crippen LogP contribution in [-0.2, 0) is 20.0 Å². The van der Waals surface area contributed by atoms with Gasteiger partial charge in [0.2, 0.25) is 32.8 Å². The third-order valence-electron chi connectivity index (χ3n) is 3.51. The summed E-state index contributed by atoms with van der Waals surface area (Å²) in [6.07, 6.45) is 2.08. The smallest absolute Gasteiger partial charge is 0.335 e. The number of nitrogens with zero attached hydrogens (tertiary/aromatic N) is 4. The molecule has 0 fully saturated rings. The monoisotopic (exact) mass is 460 g/mol. The summed E-state index contributed by atoms with van der Waals surface area (Å²) in [5.41, 5.74) is -0.206. The van der Waals surface area contributed by atoms with Crippen LogP contribution in [0.4, 0.5) is 16.4 Å². The molecule has 0 aliphatic carbocycles. The molecule has 2 N–H and O–H groups in total. The summed E-state index contributed by atoms with van der Waals surface area (Å²) < 4.78 is 61.9. The molecule has 30 heavy (non-hydrogen) atoms. The van der Waals surface area contributed by atoms with E-state index in [1.165, 1.54) is 39.3 Å². The first kappa shape index (κ1) is 23.1. The normalized spacial score (nSPS) is 11.5. The van der Waals surface area contributed by atoms with E-state index in [-0.39, 0.29) is 29.9 Å². The van der Waals surface area contributed by atoms with Gasteiger partial charge >= 0.3 is 6.03 Å². The molecular weight excluding hydrogens is 440 g/mol. The van der Waals surface area contributed by atoms with Gasteiger partial charge in [-0.3, -0.25) is 9.62 Å². The van der Waals surface area contributed by atoms with Crippen molar-refractivity contribution >= 4 is 37.7 Å². The SMILES string of the molecule is CCN(c1cccnc1S(=O)(=O)NC(=O)Nc1nc(OC)cc(OC)n1)S(C)(=O)=O. The van der Waals surface area contributed by atoms with Crippen molar-refractivity contribution in [1.29, 1.82) is 0 Å². The van der Waals surface area contributed by atoms with E-state index in [0.29, 0.717) is 0 Å². The molecule has 0 aromatic carbocycles. The Kier molecular flexibility index (Phi) is 6.99. The van der Waals surface area contributed by atoms with E-state index in [9.17, 15) is 21.6 Å². The van der Waals surface area contributed by atoms with Crippen molar-refractivity contribution in [2.45, 2.75) is 11.9 Å². The Morgan fingerprint density at radius 1 is 1.13 bits per heavy atom. The van der Waals surface area contributed by atoms with Gasteiger partial charge in [0.05, 0.1) is 32.2 Å². The van der Waals surface area contributed by atoms with Crippen LogP contribution in [0.5, 0.6) is 11.8 Å². The Morgan fingerprint density at radius 2 is 1.73 bits per heavy atom. The number of rotatable bonds is 8. The quantitative estimate of drug-likeness (QED) is 0.554. The number of methoxy groups -OCH3 is 2. The van der Waals surface area contributed by atoms with Crippen LogP contribution in [0.2, 0.25) is 0 Å². The van der Waals surface area contributed by atoms with Crippen molar-refractivity contribution in [2.24, 2.45) is 0 Å². The number of pyridine rings is 1. The van der Waals surface area contributed by atoms with Crippen LogP contribution < -0.4 is 23.8 Å². The van der Waals surface area contributed by atoms with Gasteiger partial charge in [-0.1, -0.05) is 0 Å². The number of carbonyl (C=O) groups excluding carboxylic acids is 1. The molecule has 0 saturated heterocycles. The molecule has 2 aromatic heterocycles. The van der Waals surface area contributed by atoms with Gasteiger partial charge in [-0.2, -0.15) is 18.4 Å². The summed E-state index contributed by atoms with van der Waals surface area (Å²) in [5, 5.41) is 1.50. The number of ether oxygens (including phenoxy) is 2. The maximum Gasteiger partial charge on any atom is 0.335 e. The largest absolute Gasteiger partial charge is 0.481 e. The number of sulfonamides is 2. The summed E-state index contributed by atoms with van der Waals surface area (Å²) in [7, 11) is -5.68. The van der Waals surface area contributed by atoms with Crippen LogP contribution >= 0.6 is 0 Å². The highest BCUT2D eigenvalue weighted by Crippen LogP contribution is 2.25. The lowest BCUT2D eigenvalue weighted by Crippen LogP contribution is -2.37. The van der Waals surface area contributed by atoms with Crippen LogP contribution in [-0.4, -0.2) is 64.8 Å². The van der Waals surface area contributed by atoms with Gasteiger partial charge < -0.3 is 9.47 Å². The van der Waals surface area contributed by atoms with Crippen LogP contribution in [0.3, 0.4) is 0 Å². The minimum atomic E-state index is -4.55. The molecule has 0 saturated carbocycles. The van der Waals surface area contributed by atoms with Crippen molar-refractivity contribution < 1.29 is 31.1 Å². The van der Waals surface area contributed by atoms with Gasteiger partial charge in [0.1, 0.15) is 0 Å². The second-order valence-corrected chi connectivity index (χ2v) is 9.10. The highest BCUT2D eigenvalue weighted by Gasteiger charge is 2.28. The number of nitrogens with one attached hydrogen (secondary N) is 2. The number of urea groups is 1. The minimum absolute atomic E-state index is 0.0450. The molecule has 2 amide bonds. The molecule has 0 atom stereocenters. The lowest BCUT2D eigenvalue weighted by atomic mass is 10.4. The van der Waals surface area contributed by atoms with Crippen molar-refractivity contribution in [3.8, 4) is 11.8 Å². The average molecular weight is 460 g/mol. The van der Waals surface area contributed by atoms with E-state index >= 15 is 0 Å². The standard InChI is InChI=1S/C15H20N6O7S2/c1-5-21(29(4,23)24)10-7-6-8-16-13(10)30(25,26)20-15(22)19-14-17-11(27-2)9-12(18-14)28-3/h6-9H,5H2,1-4H3,(H2,17,18,19,20,22). The Labute approximate surface area is 173 Å². The van der Waals surface area contributed by atoms with Gasteiger partial charge in [0.25, 0.3) is 10.0 Å². The lowest BCUT2D eigenvalue weighted by molar-refractivity contribution is 0.256. The second-order valence-electron chi connectivity index (χ2n) is 5.59. The van der Waals surface area contributed by atoms with Crippen molar-refractivity contribution in [3.63, 3.8) is 0 Å². The van der Waals surface area contributed by atoms with Gasteiger partial charge in [-0.15, -0.1) is 0 Å². The fourth-order valence-corrected chi connectivity index (χ4v) is 4.41. The molecule has 15 heteroatoms. The maximum atomic E-state index is 12.7. The second kappa shape index (κ2) is 9.08. The number of amides is 2. The zero-order chi connectivity index (χ0) is 22.5. The molecule has 0 bridgehead atoms. The molecule has 2 rings (SSSR count). The predicted molar refractivity (Wildman–Crippen MR) is 107 cm³/mol. The first-order valence-electron chi connectivity index (χ1n) is 8.25. The Morgan fingerprint density at radius 3 is 2.23 bits per heavy atom. The van der Waals surface area contributed by atoms with Gasteiger partial charge in [0.15, 0.2) is 0 Å². The van der Waals surface area contributed by atoms with E-state index in [1.807, 2.05) is 0 Å². The molecular formula is C15H20N6O7S2. The minimum Gasteiger partial charge on any atom is -0.481 e. The average Bonchev–Trinajstić information content (AvgIpc) is 2.66. The van der Waals surface area contributed by atoms with E-state index in [4.69, 9.17) is 9.47 Å². The van der Waals surface area contributed by atoms with Gasteiger partial charge in [-0.05, 0) is 19.1 Å². The van der Waals surface area contributed by atoms with Crippen molar-refractivity contribution in [1.82, 2.24) is 19.7 Å². The summed E-state index contributed by atoms with van der Waals surface area (Å²) in [6.45, 7) is 1.48. The third-order valence-corrected chi connectivity index (χ3v) is 6.04.